The first-order chi connectivity index (χ1) is 17.3. The monoisotopic (exact) mass is 482 g/mol. The summed E-state index contributed by atoms with van der Waals surface area (Å²) in [5.41, 5.74) is 3.10. The van der Waals surface area contributed by atoms with Crippen LogP contribution in [0.25, 0.3) is 33.4 Å². The summed E-state index contributed by atoms with van der Waals surface area (Å²) in [6, 6.07) is 25.4. The third-order valence-corrected chi connectivity index (χ3v) is 6.63. The van der Waals surface area contributed by atoms with E-state index in [1.165, 1.54) is 0 Å². The molecule has 6 heteroatoms. The number of alkyl carbamates (subject to hydrolysis) is 1. The number of fused-ring (bicyclic) bond motifs is 1. The van der Waals surface area contributed by atoms with Crippen LogP contribution < -0.4 is 10.7 Å². The minimum atomic E-state index is -0.559. The van der Waals surface area contributed by atoms with Gasteiger partial charge in [-0.2, -0.15) is 0 Å². The highest BCUT2D eigenvalue weighted by Gasteiger charge is 2.41. The Morgan fingerprint density at radius 1 is 0.944 bits per heavy atom. The summed E-state index contributed by atoms with van der Waals surface area (Å²) >= 11 is 0. The molecule has 0 atom stereocenters. The summed E-state index contributed by atoms with van der Waals surface area (Å²) in [6.45, 7) is 5.58. The maximum absolute atomic E-state index is 12.6. The second-order valence-corrected chi connectivity index (χ2v) is 10.3. The first-order valence-corrected chi connectivity index (χ1v) is 12.2. The number of carbonyl (C=O) groups excluding carboxylic acids is 1. The van der Waals surface area contributed by atoms with Crippen molar-refractivity contribution >= 4 is 17.1 Å². The lowest BCUT2D eigenvalue weighted by Crippen LogP contribution is -2.52. The number of benzene rings is 3. The van der Waals surface area contributed by atoms with E-state index in [0.29, 0.717) is 22.3 Å². The van der Waals surface area contributed by atoms with E-state index in [1.807, 2.05) is 99.6 Å². The molecule has 0 radical (unpaired) electrons. The normalized spacial score (nSPS) is 15.4. The fraction of sp³-hybridized carbons (Fsp3) is 0.267. The van der Waals surface area contributed by atoms with Gasteiger partial charge in [0.25, 0.3) is 0 Å². The molecule has 3 aromatic carbocycles. The molecular weight excluding hydrogens is 452 g/mol. The van der Waals surface area contributed by atoms with E-state index in [1.54, 1.807) is 0 Å². The molecule has 1 aliphatic carbocycles. The van der Waals surface area contributed by atoms with Gasteiger partial charge < -0.3 is 19.7 Å². The number of hydrogen-bond donors (Lipinski definition) is 2. The summed E-state index contributed by atoms with van der Waals surface area (Å²) in [5.74, 6) is 0.625. The highest BCUT2D eigenvalue weighted by atomic mass is 16.6. The Hall–Kier alpha value is -4.06. The molecule has 1 fully saturated rings. The zero-order valence-corrected chi connectivity index (χ0v) is 20.7. The van der Waals surface area contributed by atoms with Crippen LogP contribution in [0.2, 0.25) is 0 Å². The molecule has 184 valence electrons. The fourth-order valence-electron chi connectivity index (χ4n) is 4.79. The van der Waals surface area contributed by atoms with Crippen molar-refractivity contribution in [1.29, 1.82) is 0 Å². The van der Waals surface area contributed by atoms with Crippen LogP contribution in [0.3, 0.4) is 0 Å². The topological polar surface area (TPSA) is 84.1 Å². The molecule has 0 unspecified atom stereocenters. The molecule has 36 heavy (non-hydrogen) atoms. The van der Waals surface area contributed by atoms with Gasteiger partial charge >= 0.3 is 6.09 Å². The predicted molar refractivity (Wildman–Crippen MR) is 139 cm³/mol. The van der Waals surface area contributed by atoms with Gasteiger partial charge in [0.15, 0.2) is 0 Å². The van der Waals surface area contributed by atoms with Crippen molar-refractivity contribution in [3.05, 3.63) is 89.8 Å². The lowest BCUT2D eigenvalue weighted by Gasteiger charge is -2.43. The smallest absolute Gasteiger partial charge is 0.408 e. The molecule has 0 aliphatic heterocycles. The van der Waals surface area contributed by atoms with Crippen molar-refractivity contribution < 1.29 is 19.2 Å². The highest BCUT2D eigenvalue weighted by molar-refractivity contribution is 5.88. The van der Waals surface area contributed by atoms with Crippen molar-refractivity contribution in [3.63, 3.8) is 0 Å². The minimum Gasteiger partial charge on any atom is -0.455 e. The minimum absolute atomic E-state index is 0.410. The lowest BCUT2D eigenvalue weighted by molar-refractivity contribution is 0.0377. The average molecular weight is 483 g/mol. The maximum atomic E-state index is 12.6. The lowest BCUT2D eigenvalue weighted by atomic mass is 9.71. The molecule has 5 rings (SSSR count). The summed E-state index contributed by atoms with van der Waals surface area (Å²) in [7, 11) is 0. The molecule has 1 aromatic heterocycles. The molecule has 0 saturated heterocycles. The number of para-hydroxylation sites is 1. The maximum Gasteiger partial charge on any atom is 0.408 e. The Kier molecular flexibility index (Phi) is 6.04. The highest BCUT2D eigenvalue weighted by Crippen LogP contribution is 2.42. The van der Waals surface area contributed by atoms with Crippen molar-refractivity contribution in [2.75, 3.05) is 0 Å². The van der Waals surface area contributed by atoms with Gasteiger partial charge in [0.2, 0.25) is 0 Å². The van der Waals surface area contributed by atoms with Crippen molar-refractivity contribution in [3.8, 4) is 22.5 Å². The Bertz CT molecular complexity index is 1460. The summed E-state index contributed by atoms with van der Waals surface area (Å²) < 4.78 is 11.9. The number of nitrogens with one attached hydrogen (secondary N) is 1. The van der Waals surface area contributed by atoms with Crippen LogP contribution in [0.5, 0.6) is 0 Å². The predicted octanol–water partition coefficient (Wildman–Crippen LogP) is 6.96. The summed E-state index contributed by atoms with van der Waals surface area (Å²) in [5, 5.41) is 18.1. The van der Waals surface area contributed by atoms with Crippen LogP contribution >= 0.6 is 0 Å². The van der Waals surface area contributed by atoms with Crippen LogP contribution in [0.15, 0.2) is 88.4 Å². The zero-order chi connectivity index (χ0) is 25.3. The number of amides is 1. The average Bonchev–Trinajstić information content (AvgIpc) is 2.84. The zero-order valence-electron chi connectivity index (χ0n) is 20.7. The van der Waals surface area contributed by atoms with Gasteiger partial charge in [-0.05, 0) is 63.3 Å². The third-order valence-electron chi connectivity index (χ3n) is 6.63. The van der Waals surface area contributed by atoms with Crippen LogP contribution in [0.1, 0.15) is 45.6 Å². The number of rotatable bonds is 4. The largest absolute Gasteiger partial charge is 0.455 e. The van der Waals surface area contributed by atoms with Gasteiger partial charge in [-0.15, -0.1) is 0 Å². The standard InChI is InChI=1S/C30H30N2O4/c1-29(2,3)36-28(33)31-30(18-9-19-30)22-16-14-20(15-17-22)25-26(32-34)23-12-7-8-13-24(23)35-27(25)21-10-5-4-6-11-21/h4-8,10-17,34H,9,18-19H2,1-3H3,(H,31,33). The van der Waals surface area contributed by atoms with Crippen molar-refractivity contribution in [2.45, 2.75) is 51.2 Å². The van der Waals surface area contributed by atoms with E-state index in [-0.39, 0.29) is 0 Å². The molecule has 1 amide bonds. The second kappa shape index (κ2) is 9.19. The van der Waals surface area contributed by atoms with Crippen LogP contribution in [-0.2, 0) is 10.3 Å². The Labute approximate surface area is 210 Å². The van der Waals surface area contributed by atoms with Gasteiger partial charge in [-0.3, -0.25) is 0 Å². The van der Waals surface area contributed by atoms with Gasteiger partial charge in [-0.1, -0.05) is 71.9 Å². The molecule has 2 N–H and O–H groups in total. The number of carbonyl (C=O) groups is 1. The third kappa shape index (κ3) is 4.47. The van der Waals surface area contributed by atoms with Gasteiger partial charge in [0.1, 0.15) is 22.3 Å². The Balaban J connectivity index is 1.59. The van der Waals surface area contributed by atoms with E-state index >= 15 is 0 Å². The van der Waals surface area contributed by atoms with E-state index in [0.717, 1.165) is 41.3 Å². The SMILES string of the molecule is CC(C)(C)OC(=O)NC1(c2ccc(-c3c(-c4ccccc4)oc4ccccc4c3=NO)cc2)CCC1. The van der Waals surface area contributed by atoms with Gasteiger partial charge in [-0.25, -0.2) is 4.79 Å². The van der Waals surface area contributed by atoms with E-state index in [9.17, 15) is 10.0 Å². The quantitative estimate of drug-likeness (QED) is 0.243. The first kappa shape index (κ1) is 23.7. The number of ether oxygens (including phenoxy) is 1. The van der Waals surface area contributed by atoms with E-state index in [4.69, 9.17) is 9.15 Å². The summed E-state index contributed by atoms with van der Waals surface area (Å²) in [6.07, 6.45) is 2.33. The van der Waals surface area contributed by atoms with Crippen molar-refractivity contribution in [2.24, 2.45) is 5.16 Å². The molecule has 1 aliphatic rings. The summed E-state index contributed by atoms with van der Waals surface area (Å²) in [4.78, 5) is 12.6. The number of nitrogens with zero attached hydrogens (tertiary/aromatic N) is 1. The Morgan fingerprint density at radius 3 is 2.22 bits per heavy atom. The molecule has 6 nitrogen and oxygen atoms in total. The molecule has 4 aromatic rings. The molecule has 0 spiro atoms. The van der Waals surface area contributed by atoms with Crippen LogP contribution in [0, 0.1) is 0 Å². The molecule has 1 heterocycles. The van der Waals surface area contributed by atoms with Crippen LogP contribution in [-0.4, -0.2) is 16.9 Å². The van der Waals surface area contributed by atoms with E-state index in [2.05, 4.69) is 10.5 Å². The fourth-order valence-corrected chi connectivity index (χ4v) is 4.79. The van der Waals surface area contributed by atoms with E-state index < -0.39 is 17.2 Å². The van der Waals surface area contributed by atoms with Gasteiger partial charge in [0, 0.05) is 10.9 Å². The first-order valence-electron chi connectivity index (χ1n) is 12.2. The van der Waals surface area contributed by atoms with Crippen LogP contribution in [0.4, 0.5) is 4.79 Å². The molecule has 1 saturated carbocycles. The van der Waals surface area contributed by atoms with Gasteiger partial charge in [0.05, 0.1) is 11.1 Å². The second-order valence-electron chi connectivity index (χ2n) is 10.3. The van der Waals surface area contributed by atoms with Crippen molar-refractivity contribution in [1.82, 2.24) is 5.32 Å². The number of hydrogen-bond acceptors (Lipinski definition) is 5. The molecule has 0 bridgehead atoms. The Morgan fingerprint density at radius 2 is 1.61 bits per heavy atom. The molecular formula is C30H30N2O4.